The number of rotatable bonds is 4. The molecule has 0 radical (unpaired) electrons. The van der Waals surface area contributed by atoms with Crippen LogP contribution in [-0.2, 0) is 13.2 Å². The molecule has 0 bridgehead atoms. The molecule has 2 aliphatic carbocycles. The molecule has 10 heteroatoms. The molecular weight excluding hydrogens is 373 g/mol. The maximum Gasteiger partial charge on any atom is 0.433 e. The summed E-state index contributed by atoms with van der Waals surface area (Å²) in [6.45, 7) is 0. The number of fused-ring (bicyclic) bond motifs is 1. The Balaban J connectivity index is 1.75. The number of aromatic nitrogens is 5. The lowest BCUT2D eigenvalue weighted by Gasteiger charge is -2.20. The Morgan fingerprint density at radius 2 is 1.89 bits per heavy atom. The van der Waals surface area contributed by atoms with E-state index in [1.165, 1.54) is 7.05 Å². The van der Waals surface area contributed by atoms with E-state index in [0.29, 0.717) is 22.9 Å². The van der Waals surface area contributed by atoms with Gasteiger partial charge in [0.15, 0.2) is 5.82 Å². The highest BCUT2D eigenvalue weighted by atomic mass is 19.4. The highest BCUT2D eigenvalue weighted by molar-refractivity contribution is 5.97. The van der Waals surface area contributed by atoms with Crippen LogP contribution in [0, 0.1) is 11.8 Å². The average molecular weight is 392 g/mol. The highest BCUT2D eigenvalue weighted by Crippen LogP contribution is 2.52. The monoisotopic (exact) mass is 392 g/mol. The van der Waals surface area contributed by atoms with E-state index in [4.69, 9.17) is 5.73 Å². The second-order valence-electron chi connectivity index (χ2n) is 7.82. The van der Waals surface area contributed by atoms with Crippen LogP contribution in [0.3, 0.4) is 0 Å². The lowest BCUT2D eigenvalue weighted by atomic mass is 10.0. The number of nitrogens with two attached hydrogens (primary N) is 1. The number of alkyl halides is 3. The Hall–Kier alpha value is -2.78. The molecule has 0 aromatic carbocycles. The zero-order valence-corrected chi connectivity index (χ0v) is 15.1. The molecule has 2 aliphatic rings. The molecule has 3 aromatic rings. The van der Waals surface area contributed by atoms with Gasteiger partial charge in [-0.15, -0.1) is 0 Å². The van der Waals surface area contributed by atoms with Gasteiger partial charge in [0.05, 0.1) is 11.2 Å². The van der Waals surface area contributed by atoms with Crippen LogP contribution in [0.15, 0.2) is 17.1 Å². The van der Waals surface area contributed by atoms with Gasteiger partial charge >= 0.3 is 6.18 Å². The molecule has 28 heavy (non-hydrogen) atoms. The van der Waals surface area contributed by atoms with Crippen molar-refractivity contribution in [1.82, 2.24) is 24.5 Å². The molecule has 0 spiro atoms. The third-order valence-corrected chi connectivity index (χ3v) is 5.76. The lowest BCUT2D eigenvalue weighted by molar-refractivity contribution is -0.143. The van der Waals surface area contributed by atoms with Crippen LogP contribution in [0.4, 0.5) is 19.0 Å². The fourth-order valence-electron chi connectivity index (χ4n) is 4.15. The van der Waals surface area contributed by atoms with Crippen LogP contribution >= 0.6 is 0 Å². The van der Waals surface area contributed by atoms with Crippen LogP contribution in [0.5, 0.6) is 0 Å². The summed E-state index contributed by atoms with van der Waals surface area (Å²) in [5, 5.41) is 10.9. The van der Waals surface area contributed by atoms with Gasteiger partial charge in [-0.2, -0.15) is 23.4 Å². The van der Waals surface area contributed by atoms with Crippen molar-refractivity contribution < 1.29 is 13.2 Å². The number of nitrogens with one attached hydrogen (secondary N) is 1. The number of hydrogen-bond donors (Lipinski definition) is 2. The second kappa shape index (κ2) is 5.62. The van der Waals surface area contributed by atoms with Crippen LogP contribution in [-0.4, -0.2) is 24.5 Å². The van der Waals surface area contributed by atoms with Gasteiger partial charge in [0.1, 0.15) is 11.1 Å². The largest absolute Gasteiger partial charge is 0.433 e. The van der Waals surface area contributed by atoms with Gasteiger partial charge in [-0.25, -0.2) is 0 Å². The van der Waals surface area contributed by atoms with Crippen molar-refractivity contribution in [1.29, 1.82) is 0 Å². The summed E-state index contributed by atoms with van der Waals surface area (Å²) < 4.78 is 42.2. The minimum atomic E-state index is -4.52. The van der Waals surface area contributed by atoms with Gasteiger partial charge in [0.25, 0.3) is 5.56 Å². The summed E-state index contributed by atoms with van der Waals surface area (Å²) in [5.74, 6) is 0.907. The van der Waals surface area contributed by atoms with Crippen molar-refractivity contribution in [2.24, 2.45) is 18.9 Å². The van der Waals surface area contributed by atoms with Crippen LogP contribution in [0.25, 0.3) is 22.2 Å². The molecule has 3 N–H and O–H groups in total. The summed E-state index contributed by atoms with van der Waals surface area (Å²) in [6.07, 6.45) is 1.35. The van der Waals surface area contributed by atoms with Gasteiger partial charge in [-0.3, -0.25) is 14.6 Å². The van der Waals surface area contributed by atoms with Gasteiger partial charge in [0.2, 0.25) is 0 Å². The molecule has 2 fully saturated rings. The molecular formula is C18H19F3N6O. The third-order valence-electron chi connectivity index (χ3n) is 5.76. The normalized spacial score (nSPS) is 17.8. The first-order chi connectivity index (χ1) is 13.3. The number of aryl methyl sites for hydroxylation is 1. The van der Waals surface area contributed by atoms with E-state index >= 15 is 0 Å². The maximum atomic E-state index is 13.2. The number of nitrogen functional groups attached to an aromatic ring is 1. The van der Waals surface area contributed by atoms with Crippen molar-refractivity contribution in [3.05, 3.63) is 28.3 Å². The van der Waals surface area contributed by atoms with Gasteiger partial charge in [-0.05, 0) is 43.6 Å². The minimum absolute atomic E-state index is 0.0490. The molecule has 5 rings (SSSR count). The number of halogens is 3. The molecule has 7 nitrogen and oxygen atoms in total. The van der Waals surface area contributed by atoms with E-state index in [1.54, 1.807) is 10.8 Å². The van der Waals surface area contributed by atoms with Gasteiger partial charge in [0, 0.05) is 24.8 Å². The number of hydrogen-bond acceptors (Lipinski definition) is 4. The Bertz CT molecular complexity index is 1120. The van der Waals surface area contributed by atoms with E-state index in [1.807, 2.05) is 0 Å². The Labute approximate surface area is 157 Å². The van der Waals surface area contributed by atoms with Gasteiger partial charge in [-0.1, -0.05) is 0 Å². The van der Waals surface area contributed by atoms with Crippen molar-refractivity contribution in [3.63, 3.8) is 0 Å². The molecule has 2 saturated carbocycles. The summed E-state index contributed by atoms with van der Waals surface area (Å²) in [6, 6.07) is 1.04. The van der Waals surface area contributed by atoms with E-state index in [-0.39, 0.29) is 28.5 Å². The number of anilines is 1. The van der Waals surface area contributed by atoms with Crippen molar-refractivity contribution in [2.75, 3.05) is 5.73 Å². The fourth-order valence-corrected chi connectivity index (χ4v) is 4.15. The number of nitrogens with zero attached hydrogens (tertiary/aromatic N) is 4. The molecule has 3 heterocycles. The van der Waals surface area contributed by atoms with E-state index < -0.39 is 11.9 Å². The topological polar surface area (TPSA) is 94.5 Å². The van der Waals surface area contributed by atoms with Crippen molar-refractivity contribution in [3.8, 4) is 11.3 Å². The number of pyridine rings is 1. The Morgan fingerprint density at radius 1 is 1.25 bits per heavy atom. The van der Waals surface area contributed by atoms with Crippen molar-refractivity contribution in [2.45, 2.75) is 37.9 Å². The van der Waals surface area contributed by atoms with Crippen LogP contribution < -0.4 is 11.3 Å². The number of H-pyrrole nitrogens is 1. The zero-order valence-electron chi connectivity index (χ0n) is 15.1. The van der Waals surface area contributed by atoms with Crippen molar-refractivity contribution >= 4 is 16.7 Å². The fraction of sp³-hybridized carbons (Fsp3) is 0.500. The molecule has 3 aromatic heterocycles. The first kappa shape index (κ1) is 17.3. The van der Waals surface area contributed by atoms with E-state index in [9.17, 15) is 18.0 Å². The standard InChI is InChI=1S/C18H19F3N6O/c1-26-12(18(19,20)21)6-11(25-26)10-7-27(15(8-2-3-8)9-4-5-9)17(28)13-14(10)23-24-16(13)22/h6-9,15H,2-5H2,1H3,(H3,22,23,24). The second-order valence-corrected chi connectivity index (χ2v) is 7.82. The maximum absolute atomic E-state index is 13.2. The molecule has 0 saturated heterocycles. The highest BCUT2D eigenvalue weighted by Gasteiger charge is 2.43. The molecule has 0 atom stereocenters. The average Bonchev–Trinajstić information content (AvgIpc) is 3.54. The van der Waals surface area contributed by atoms with E-state index in [0.717, 1.165) is 36.4 Å². The summed E-state index contributed by atoms with van der Waals surface area (Å²) in [7, 11) is 1.25. The Morgan fingerprint density at radius 3 is 2.43 bits per heavy atom. The molecule has 0 amide bonds. The third kappa shape index (κ3) is 2.61. The van der Waals surface area contributed by atoms with Crippen LogP contribution in [0.2, 0.25) is 0 Å². The lowest BCUT2D eigenvalue weighted by Crippen LogP contribution is -2.27. The van der Waals surface area contributed by atoms with E-state index in [2.05, 4.69) is 15.3 Å². The SMILES string of the molecule is Cn1nc(-c2cn(C(C3CC3)C3CC3)c(=O)c3c(N)n[nH]c23)cc1C(F)(F)F. The molecule has 0 aliphatic heterocycles. The van der Waals surface area contributed by atoms with Gasteiger partial charge < -0.3 is 10.3 Å². The Kier molecular flexibility index (Phi) is 3.48. The first-order valence-electron chi connectivity index (χ1n) is 9.26. The molecule has 0 unspecified atom stereocenters. The smallest absolute Gasteiger partial charge is 0.382 e. The predicted octanol–water partition coefficient (Wildman–Crippen LogP) is 3.09. The molecule has 148 valence electrons. The summed E-state index contributed by atoms with van der Waals surface area (Å²) >= 11 is 0. The summed E-state index contributed by atoms with van der Waals surface area (Å²) in [5.41, 5.74) is 5.65. The number of aromatic amines is 1. The first-order valence-corrected chi connectivity index (χ1v) is 9.26. The quantitative estimate of drug-likeness (QED) is 0.713. The summed E-state index contributed by atoms with van der Waals surface area (Å²) in [4.78, 5) is 13.1. The zero-order chi connectivity index (χ0) is 19.8. The minimum Gasteiger partial charge on any atom is -0.382 e. The predicted molar refractivity (Wildman–Crippen MR) is 96.5 cm³/mol. The van der Waals surface area contributed by atoms with Crippen LogP contribution in [0.1, 0.15) is 37.4 Å².